The molecule has 1 aromatic heterocycles. The molecule has 2 heterocycles. The molecule has 0 unspecified atom stereocenters. The van der Waals surface area contributed by atoms with Crippen LogP contribution in [-0.2, 0) is 9.47 Å². The highest BCUT2D eigenvalue weighted by Crippen LogP contribution is 2.42. The van der Waals surface area contributed by atoms with Crippen molar-refractivity contribution in [2.75, 3.05) is 53.6 Å². The number of ether oxygens (including phenoxy) is 2. The van der Waals surface area contributed by atoms with Crippen molar-refractivity contribution in [3.05, 3.63) is 23.7 Å². The van der Waals surface area contributed by atoms with Gasteiger partial charge in [0.15, 0.2) is 0 Å². The van der Waals surface area contributed by atoms with Crippen LogP contribution in [0.1, 0.15) is 34.9 Å². The Morgan fingerprint density at radius 3 is 2.48 bits per heavy atom. The van der Waals surface area contributed by atoms with E-state index < -0.39 is 0 Å². The first-order chi connectivity index (χ1) is 11.2. The summed E-state index contributed by atoms with van der Waals surface area (Å²) in [4.78, 5) is 16.9. The van der Waals surface area contributed by atoms with Crippen molar-refractivity contribution >= 4 is 5.91 Å². The van der Waals surface area contributed by atoms with E-state index in [1.54, 1.807) is 20.5 Å². The summed E-state index contributed by atoms with van der Waals surface area (Å²) in [5.41, 5.74) is 0.756. The van der Waals surface area contributed by atoms with Crippen LogP contribution >= 0.6 is 0 Å². The summed E-state index contributed by atoms with van der Waals surface area (Å²) in [7, 11) is 3.42. The molecule has 0 aromatic carbocycles. The number of carbonyl (C=O) groups excluding carboxylic acids is 1. The lowest BCUT2D eigenvalue weighted by molar-refractivity contribution is 0.00926. The lowest BCUT2D eigenvalue weighted by Gasteiger charge is -2.45. The minimum atomic E-state index is 0.107. The highest BCUT2D eigenvalue weighted by Gasteiger charge is 2.38. The summed E-state index contributed by atoms with van der Waals surface area (Å²) < 4.78 is 15.9. The van der Waals surface area contributed by atoms with Gasteiger partial charge in [-0.05, 0) is 18.9 Å². The van der Waals surface area contributed by atoms with Crippen molar-refractivity contribution in [3.8, 4) is 0 Å². The molecule has 0 atom stereocenters. The Morgan fingerprint density at radius 2 is 1.91 bits per heavy atom. The van der Waals surface area contributed by atoms with E-state index in [-0.39, 0.29) is 5.91 Å². The smallest absolute Gasteiger partial charge is 0.257 e. The maximum Gasteiger partial charge on any atom is 0.257 e. The summed E-state index contributed by atoms with van der Waals surface area (Å²) in [6.45, 7) is 4.66. The first kappa shape index (κ1) is 16.5. The van der Waals surface area contributed by atoms with Crippen LogP contribution in [0.5, 0.6) is 0 Å². The standard InChI is InChI=1S/C17H26N2O4/c1-21-9-6-18(7-10-22-2)14-11-19(12-14)17(20)15-5-8-23-16(15)13-3-4-13/h5,8,13-14H,3-4,6-7,9-12H2,1-2H3. The van der Waals surface area contributed by atoms with E-state index in [0.29, 0.717) is 25.2 Å². The number of methoxy groups -OCH3 is 2. The third-order valence-corrected chi connectivity index (χ3v) is 4.70. The van der Waals surface area contributed by atoms with E-state index in [2.05, 4.69) is 4.90 Å². The van der Waals surface area contributed by atoms with Gasteiger partial charge in [0.2, 0.25) is 0 Å². The minimum Gasteiger partial charge on any atom is -0.468 e. The van der Waals surface area contributed by atoms with Crippen LogP contribution < -0.4 is 0 Å². The summed E-state index contributed by atoms with van der Waals surface area (Å²) in [5, 5.41) is 0. The molecule has 1 amide bonds. The lowest BCUT2D eigenvalue weighted by Crippen LogP contribution is -2.62. The topological polar surface area (TPSA) is 55.2 Å². The third-order valence-electron chi connectivity index (χ3n) is 4.70. The van der Waals surface area contributed by atoms with E-state index in [9.17, 15) is 4.79 Å². The molecule has 0 bridgehead atoms. The largest absolute Gasteiger partial charge is 0.468 e. The number of hydrogen-bond acceptors (Lipinski definition) is 5. The second-order valence-electron chi connectivity index (χ2n) is 6.36. The van der Waals surface area contributed by atoms with Crippen LogP contribution in [0.4, 0.5) is 0 Å². The van der Waals surface area contributed by atoms with Crippen molar-refractivity contribution in [1.29, 1.82) is 0 Å². The Labute approximate surface area is 137 Å². The molecule has 0 radical (unpaired) electrons. The van der Waals surface area contributed by atoms with Crippen molar-refractivity contribution in [2.45, 2.75) is 24.8 Å². The molecular formula is C17H26N2O4. The van der Waals surface area contributed by atoms with Gasteiger partial charge in [-0.15, -0.1) is 0 Å². The molecular weight excluding hydrogens is 296 g/mol. The second kappa shape index (κ2) is 7.47. The number of hydrogen-bond donors (Lipinski definition) is 0. The first-order valence-corrected chi connectivity index (χ1v) is 8.33. The monoisotopic (exact) mass is 322 g/mol. The highest BCUT2D eigenvalue weighted by atomic mass is 16.5. The average molecular weight is 322 g/mol. The van der Waals surface area contributed by atoms with Gasteiger partial charge in [0.05, 0.1) is 25.0 Å². The molecule has 0 N–H and O–H groups in total. The van der Waals surface area contributed by atoms with Crippen molar-refractivity contribution < 1.29 is 18.7 Å². The maximum atomic E-state index is 12.6. The van der Waals surface area contributed by atoms with Crippen LogP contribution in [0.15, 0.2) is 16.7 Å². The Morgan fingerprint density at radius 1 is 1.26 bits per heavy atom. The SMILES string of the molecule is COCCN(CCOC)C1CN(C(=O)c2ccoc2C2CC2)C1. The predicted octanol–water partition coefficient (Wildman–Crippen LogP) is 1.58. The van der Waals surface area contributed by atoms with Crippen molar-refractivity contribution in [1.82, 2.24) is 9.80 Å². The molecule has 1 aliphatic carbocycles. The van der Waals surface area contributed by atoms with Gasteiger partial charge in [0, 0.05) is 52.4 Å². The van der Waals surface area contributed by atoms with Crippen LogP contribution in [0.2, 0.25) is 0 Å². The van der Waals surface area contributed by atoms with Crippen molar-refractivity contribution in [3.63, 3.8) is 0 Å². The molecule has 2 fully saturated rings. The van der Waals surface area contributed by atoms with E-state index in [1.165, 1.54) is 0 Å². The lowest BCUT2D eigenvalue weighted by atomic mass is 10.0. The molecule has 1 saturated heterocycles. The normalized spacial score (nSPS) is 18.5. The zero-order valence-electron chi connectivity index (χ0n) is 14.0. The Balaban J connectivity index is 1.54. The Hall–Kier alpha value is -1.37. The maximum absolute atomic E-state index is 12.6. The van der Waals surface area contributed by atoms with Crippen LogP contribution in [0.25, 0.3) is 0 Å². The fourth-order valence-corrected chi connectivity index (χ4v) is 3.08. The number of amides is 1. The molecule has 23 heavy (non-hydrogen) atoms. The molecule has 6 nitrogen and oxygen atoms in total. The van der Waals surface area contributed by atoms with Gasteiger partial charge in [0.25, 0.3) is 5.91 Å². The highest BCUT2D eigenvalue weighted by molar-refractivity contribution is 5.96. The van der Waals surface area contributed by atoms with Gasteiger partial charge in [-0.25, -0.2) is 0 Å². The molecule has 6 heteroatoms. The van der Waals surface area contributed by atoms with E-state index in [0.717, 1.165) is 50.3 Å². The van der Waals surface area contributed by atoms with Gasteiger partial charge >= 0.3 is 0 Å². The second-order valence-corrected chi connectivity index (χ2v) is 6.36. The first-order valence-electron chi connectivity index (χ1n) is 8.33. The summed E-state index contributed by atoms with van der Waals surface area (Å²) >= 11 is 0. The Kier molecular flexibility index (Phi) is 5.35. The number of carbonyl (C=O) groups is 1. The van der Waals surface area contributed by atoms with Gasteiger partial charge in [-0.3, -0.25) is 9.69 Å². The third kappa shape index (κ3) is 3.76. The number of furan rings is 1. The molecule has 3 rings (SSSR count). The predicted molar refractivity (Wildman–Crippen MR) is 85.7 cm³/mol. The minimum absolute atomic E-state index is 0.107. The number of rotatable bonds is 9. The number of likely N-dealkylation sites (tertiary alicyclic amines) is 1. The summed E-state index contributed by atoms with van der Waals surface area (Å²) in [6.07, 6.45) is 3.91. The average Bonchev–Trinajstić information content (AvgIpc) is 3.24. The van der Waals surface area contributed by atoms with Crippen LogP contribution in [-0.4, -0.2) is 75.4 Å². The fourth-order valence-electron chi connectivity index (χ4n) is 3.08. The number of nitrogens with zero attached hydrogens (tertiary/aromatic N) is 2. The van der Waals surface area contributed by atoms with Gasteiger partial charge in [0.1, 0.15) is 5.76 Å². The quantitative estimate of drug-likeness (QED) is 0.691. The van der Waals surface area contributed by atoms with Crippen LogP contribution in [0.3, 0.4) is 0 Å². The molecule has 2 aliphatic rings. The Bertz CT molecular complexity index is 512. The zero-order valence-corrected chi connectivity index (χ0v) is 14.0. The molecule has 1 aliphatic heterocycles. The molecule has 0 spiro atoms. The van der Waals surface area contributed by atoms with E-state index in [4.69, 9.17) is 13.9 Å². The fraction of sp³-hybridized carbons (Fsp3) is 0.706. The molecule has 128 valence electrons. The zero-order chi connectivity index (χ0) is 16.2. The summed E-state index contributed by atoms with van der Waals surface area (Å²) in [6, 6.07) is 2.21. The molecule has 1 saturated carbocycles. The van der Waals surface area contributed by atoms with Gasteiger partial charge < -0.3 is 18.8 Å². The van der Waals surface area contributed by atoms with Gasteiger partial charge in [-0.2, -0.15) is 0 Å². The van der Waals surface area contributed by atoms with Crippen LogP contribution in [0, 0.1) is 0 Å². The summed E-state index contributed by atoms with van der Waals surface area (Å²) in [5.74, 6) is 1.45. The van der Waals surface area contributed by atoms with Crippen molar-refractivity contribution in [2.24, 2.45) is 0 Å². The van der Waals surface area contributed by atoms with E-state index >= 15 is 0 Å². The van der Waals surface area contributed by atoms with Gasteiger partial charge in [-0.1, -0.05) is 0 Å². The van der Waals surface area contributed by atoms with E-state index in [1.807, 2.05) is 11.0 Å². The molecule has 1 aromatic rings.